The quantitative estimate of drug-likeness (QED) is 0.846. The number of rotatable bonds is 4. The molecule has 3 heterocycles. The van der Waals surface area contributed by atoms with E-state index >= 15 is 0 Å². The van der Waals surface area contributed by atoms with Crippen molar-refractivity contribution in [3.63, 3.8) is 0 Å². The monoisotopic (exact) mass is 299 g/mol. The smallest absolute Gasteiger partial charge is 0.269 e. The molecule has 2 fully saturated rings. The highest BCUT2D eigenvalue weighted by molar-refractivity contribution is 5.93. The summed E-state index contributed by atoms with van der Waals surface area (Å²) >= 11 is 0. The second kappa shape index (κ2) is 6.65. The fourth-order valence-electron chi connectivity index (χ4n) is 3.13. The van der Waals surface area contributed by atoms with Crippen LogP contribution in [0.25, 0.3) is 0 Å². The van der Waals surface area contributed by atoms with Crippen LogP contribution in [-0.4, -0.2) is 48.5 Å². The van der Waals surface area contributed by atoms with Gasteiger partial charge in [0.1, 0.15) is 5.69 Å². The lowest BCUT2D eigenvalue weighted by Crippen LogP contribution is -2.31. The molecule has 6 heteroatoms. The van der Waals surface area contributed by atoms with Crippen molar-refractivity contribution in [2.75, 3.05) is 37.6 Å². The van der Waals surface area contributed by atoms with Gasteiger partial charge in [-0.05, 0) is 37.3 Å². The first kappa shape index (κ1) is 14.6. The van der Waals surface area contributed by atoms with E-state index in [0.717, 1.165) is 38.3 Å². The summed E-state index contributed by atoms with van der Waals surface area (Å²) in [6.45, 7) is 4.23. The zero-order chi connectivity index (χ0) is 15.4. The SMILES string of the molecule is N#CN1CCC(CNC(=O)c2cc(N3CCCC3)ccn2)C1. The first-order valence-electron chi connectivity index (χ1n) is 7.90. The van der Waals surface area contributed by atoms with Gasteiger partial charge >= 0.3 is 0 Å². The van der Waals surface area contributed by atoms with Crippen molar-refractivity contribution in [1.82, 2.24) is 15.2 Å². The summed E-state index contributed by atoms with van der Waals surface area (Å²) < 4.78 is 0. The van der Waals surface area contributed by atoms with Crippen LogP contribution in [-0.2, 0) is 0 Å². The lowest BCUT2D eigenvalue weighted by Gasteiger charge is -2.18. The van der Waals surface area contributed by atoms with Crippen molar-refractivity contribution >= 4 is 11.6 Å². The summed E-state index contributed by atoms with van der Waals surface area (Å²) in [5, 5.41) is 11.8. The molecule has 0 saturated carbocycles. The Labute approximate surface area is 130 Å². The van der Waals surface area contributed by atoms with Gasteiger partial charge in [0, 0.05) is 44.6 Å². The normalized spacial score (nSPS) is 21.0. The van der Waals surface area contributed by atoms with Gasteiger partial charge in [-0.3, -0.25) is 9.78 Å². The largest absolute Gasteiger partial charge is 0.371 e. The number of pyridine rings is 1. The van der Waals surface area contributed by atoms with E-state index < -0.39 is 0 Å². The molecule has 2 aliphatic heterocycles. The number of nitrogens with zero attached hydrogens (tertiary/aromatic N) is 4. The Balaban J connectivity index is 1.56. The first-order valence-corrected chi connectivity index (χ1v) is 7.90. The molecule has 0 radical (unpaired) electrons. The summed E-state index contributed by atoms with van der Waals surface area (Å²) in [6.07, 6.45) is 7.23. The van der Waals surface area contributed by atoms with Crippen LogP contribution in [0.4, 0.5) is 5.69 Å². The van der Waals surface area contributed by atoms with Gasteiger partial charge in [-0.15, -0.1) is 0 Å². The van der Waals surface area contributed by atoms with Crippen molar-refractivity contribution in [2.24, 2.45) is 5.92 Å². The third-order valence-corrected chi connectivity index (χ3v) is 4.43. The Morgan fingerprint density at radius 3 is 2.95 bits per heavy atom. The maximum Gasteiger partial charge on any atom is 0.269 e. The van der Waals surface area contributed by atoms with Crippen molar-refractivity contribution in [1.29, 1.82) is 5.26 Å². The summed E-state index contributed by atoms with van der Waals surface area (Å²) in [5.74, 6) is 0.224. The van der Waals surface area contributed by atoms with Gasteiger partial charge in [-0.25, -0.2) is 0 Å². The molecule has 1 aromatic rings. The van der Waals surface area contributed by atoms with E-state index in [1.807, 2.05) is 12.1 Å². The molecule has 1 N–H and O–H groups in total. The van der Waals surface area contributed by atoms with Crippen molar-refractivity contribution in [3.8, 4) is 6.19 Å². The number of hydrogen-bond acceptors (Lipinski definition) is 5. The summed E-state index contributed by atoms with van der Waals surface area (Å²) in [7, 11) is 0. The van der Waals surface area contributed by atoms with E-state index in [-0.39, 0.29) is 5.91 Å². The number of nitriles is 1. The predicted molar refractivity (Wildman–Crippen MR) is 83.3 cm³/mol. The van der Waals surface area contributed by atoms with Crippen LogP contribution in [0.1, 0.15) is 29.8 Å². The Hall–Kier alpha value is -2.29. The van der Waals surface area contributed by atoms with Crippen LogP contribution in [0.2, 0.25) is 0 Å². The molecule has 2 saturated heterocycles. The van der Waals surface area contributed by atoms with Gasteiger partial charge in [0.25, 0.3) is 5.91 Å². The Kier molecular flexibility index (Phi) is 4.42. The average molecular weight is 299 g/mol. The lowest BCUT2D eigenvalue weighted by atomic mass is 10.1. The third-order valence-electron chi connectivity index (χ3n) is 4.43. The summed E-state index contributed by atoms with van der Waals surface area (Å²) in [5.41, 5.74) is 1.55. The number of aromatic nitrogens is 1. The fourth-order valence-corrected chi connectivity index (χ4v) is 3.13. The average Bonchev–Trinajstić information content (AvgIpc) is 3.24. The van der Waals surface area contributed by atoms with Crippen LogP contribution < -0.4 is 10.2 Å². The predicted octanol–water partition coefficient (Wildman–Crippen LogP) is 1.21. The molecule has 1 amide bonds. The lowest BCUT2D eigenvalue weighted by molar-refractivity contribution is 0.0943. The van der Waals surface area contributed by atoms with Gasteiger partial charge in [0.05, 0.1) is 0 Å². The van der Waals surface area contributed by atoms with Crippen molar-refractivity contribution in [3.05, 3.63) is 24.0 Å². The van der Waals surface area contributed by atoms with Gasteiger partial charge in [-0.1, -0.05) is 0 Å². The van der Waals surface area contributed by atoms with Crippen LogP contribution >= 0.6 is 0 Å². The molecule has 0 aliphatic carbocycles. The molecule has 6 nitrogen and oxygen atoms in total. The fraction of sp³-hybridized carbons (Fsp3) is 0.562. The zero-order valence-corrected chi connectivity index (χ0v) is 12.7. The third kappa shape index (κ3) is 3.30. The van der Waals surface area contributed by atoms with E-state index in [1.165, 1.54) is 12.8 Å². The van der Waals surface area contributed by atoms with Crippen LogP contribution in [0.15, 0.2) is 18.3 Å². The number of nitrogens with one attached hydrogen (secondary N) is 1. The summed E-state index contributed by atoms with van der Waals surface area (Å²) in [4.78, 5) is 20.5. The molecular weight excluding hydrogens is 278 g/mol. The molecule has 1 atom stereocenters. The molecule has 0 spiro atoms. The molecular formula is C16H21N5O. The molecule has 1 aromatic heterocycles. The second-order valence-electron chi connectivity index (χ2n) is 6.00. The van der Waals surface area contributed by atoms with Gasteiger partial charge in [0.2, 0.25) is 0 Å². The minimum absolute atomic E-state index is 0.128. The van der Waals surface area contributed by atoms with Crippen molar-refractivity contribution < 1.29 is 4.79 Å². The Bertz CT molecular complexity index is 576. The maximum absolute atomic E-state index is 12.2. The number of carbonyl (C=O) groups is 1. The van der Waals surface area contributed by atoms with Gasteiger partial charge in [0.15, 0.2) is 6.19 Å². The summed E-state index contributed by atoms with van der Waals surface area (Å²) in [6, 6.07) is 3.83. The van der Waals surface area contributed by atoms with E-state index in [4.69, 9.17) is 5.26 Å². The minimum atomic E-state index is -0.128. The Morgan fingerprint density at radius 1 is 1.41 bits per heavy atom. The van der Waals surface area contributed by atoms with E-state index in [0.29, 0.717) is 18.2 Å². The number of amides is 1. The molecule has 0 aromatic carbocycles. The van der Waals surface area contributed by atoms with Gasteiger partial charge in [-0.2, -0.15) is 5.26 Å². The highest BCUT2D eigenvalue weighted by Crippen LogP contribution is 2.20. The highest BCUT2D eigenvalue weighted by atomic mass is 16.1. The standard InChI is InChI=1S/C16H21N5O/c17-12-20-8-4-13(11-20)10-19-16(22)15-9-14(3-5-18-15)21-6-1-2-7-21/h3,5,9,13H,1-2,4,6-8,10-11H2,(H,19,22). The van der Waals surface area contributed by atoms with E-state index in [2.05, 4.69) is 21.4 Å². The second-order valence-corrected chi connectivity index (χ2v) is 6.00. The van der Waals surface area contributed by atoms with Crippen LogP contribution in [0.3, 0.4) is 0 Å². The van der Waals surface area contributed by atoms with E-state index in [1.54, 1.807) is 11.1 Å². The minimum Gasteiger partial charge on any atom is -0.371 e. The first-order chi connectivity index (χ1) is 10.8. The number of carbonyl (C=O) groups excluding carboxylic acids is 1. The highest BCUT2D eigenvalue weighted by Gasteiger charge is 2.22. The molecule has 3 rings (SSSR count). The molecule has 0 bridgehead atoms. The molecule has 2 aliphatic rings. The maximum atomic E-state index is 12.2. The topological polar surface area (TPSA) is 72.3 Å². The van der Waals surface area contributed by atoms with E-state index in [9.17, 15) is 4.79 Å². The van der Waals surface area contributed by atoms with Crippen molar-refractivity contribution in [2.45, 2.75) is 19.3 Å². The van der Waals surface area contributed by atoms with Gasteiger partial charge < -0.3 is 15.1 Å². The Morgan fingerprint density at radius 2 is 2.23 bits per heavy atom. The zero-order valence-electron chi connectivity index (χ0n) is 12.7. The molecule has 22 heavy (non-hydrogen) atoms. The molecule has 116 valence electrons. The number of likely N-dealkylation sites (tertiary alicyclic amines) is 1. The molecule has 1 unspecified atom stereocenters. The number of anilines is 1. The van der Waals surface area contributed by atoms with Crippen LogP contribution in [0.5, 0.6) is 0 Å². The number of hydrogen-bond donors (Lipinski definition) is 1. The van der Waals surface area contributed by atoms with Crippen LogP contribution in [0, 0.1) is 17.4 Å².